The van der Waals surface area contributed by atoms with Crippen LogP contribution in [-0.2, 0) is 5.41 Å². The van der Waals surface area contributed by atoms with E-state index in [1.807, 2.05) is 0 Å². The molecule has 2 nitrogen and oxygen atoms in total. The molecule has 4 fully saturated rings. The first-order chi connectivity index (χ1) is 23.7. The molecule has 2 aromatic heterocycles. The van der Waals surface area contributed by atoms with Crippen molar-refractivity contribution in [3.63, 3.8) is 0 Å². The minimum Gasteiger partial charge on any atom is -0.354 e. The fraction of sp³-hybridized carbons (Fsp3) is 0.217. The molecule has 0 unspecified atom stereocenters. The van der Waals surface area contributed by atoms with Crippen LogP contribution in [0.5, 0.6) is 0 Å². The molecule has 232 valence electrons. The molecule has 0 amide bonds. The van der Waals surface area contributed by atoms with Gasteiger partial charge in [-0.1, -0.05) is 121 Å². The Morgan fingerprint density at radius 3 is 1.27 bits per heavy atom. The third kappa shape index (κ3) is 3.69. The van der Waals surface area contributed by atoms with Gasteiger partial charge in [0.05, 0.1) is 11.0 Å². The molecule has 0 radical (unpaired) electrons. The van der Waals surface area contributed by atoms with E-state index in [1.54, 1.807) is 0 Å². The van der Waals surface area contributed by atoms with Crippen molar-refractivity contribution in [2.75, 3.05) is 0 Å². The molecule has 2 heterocycles. The van der Waals surface area contributed by atoms with Gasteiger partial charge in [-0.05, 0) is 90.2 Å². The van der Waals surface area contributed by atoms with Crippen LogP contribution >= 0.6 is 0 Å². The SMILES string of the molecule is c1ccc2c(c1)[nH]c1c(-c3ccc(C4(c5ccc(-c6cccc7c6[nH]c6ccccc67)cc5)C5CC6CC(C5)CC4C6)cc3)cccc12. The lowest BCUT2D eigenvalue weighted by Gasteiger charge is -2.62. The molecule has 8 aromatic rings. The van der Waals surface area contributed by atoms with Crippen LogP contribution in [0.3, 0.4) is 0 Å². The van der Waals surface area contributed by atoms with Crippen molar-refractivity contribution in [2.45, 2.75) is 37.5 Å². The standard InChI is InChI=1S/C46H38N2/c1-3-13-42-38(7-1)40-11-5-9-36(44(40)47-42)30-15-19-32(20-16-30)46(34-24-28-23-29(26-34)27-35(46)25-28)33-21-17-31(18-22-33)37-10-6-12-41-39-8-2-4-14-43(39)48-45(37)41/h1-22,28-29,34-35,47-48H,23-27H2. The van der Waals surface area contributed by atoms with Crippen LogP contribution in [0.1, 0.15) is 43.2 Å². The average Bonchev–Trinajstić information content (AvgIpc) is 3.71. The first-order valence-electron chi connectivity index (χ1n) is 17.9. The Morgan fingerprint density at radius 1 is 0.396 bits per heavy atom. The molecule has 4 aliphatic rings. The Labute approximate surface area is 280 Å². The fourth-order valence-corrected chi connectivity index (χ4v) is 11.1. The van der Waals surface area contributed by atoms with Crippen molar-refractivity contribution < 1.29 is 0 Å². The second kappa shape index (κ2) is 9.97. The number of hydrogen-bond donors (Lipinski definition) is 2. The molecule has 2 heteroatoms. The van der Waals surface area contributed by atoms with Gasteiger partial charge in [0.25, 0.3) is 0 Å². The number of aromatic amines is 2. The van der Waals surface area contributed by atoms with Crippen LogP contribution in [0.15, 0.2) is 133 Å². The number of hydrogen-bond acceptors (Lipinski definition) is 0. The van der Waals surface area contributed by atoms with E-state index >= 15 is 0 Å². The molecule has 12 rings (SSSR count). The summed E-state index contributed by atoms with van der Waals surface area (Å²) in [6.07, 6.45) is 6.96. The molecular weight excluding hydrogens is 581 g/mol. The van der Waals surface area contributed by atoms with Gasteiger partial charge < -0.3 is 9.97 Å². The number of nitrogens with one attached hydrogen (secondary N) is 2. The lowest BCUT2D eigenvalue weighted by Crippen LogP contribution is -2.56. The van der Waals surface area contributed by atoms with Gasteiger partial charge in [0, 0.05) is 49.1 Å². The third-order valence-electron chi connectivity index (χ3n) is 12.9. The lowest BCUT2D eigenvalue weighted by molar-refractivity contribution is -0.0418. The van der Waals surface area contributed by atoms with Crippen molar-refractivity contribution in [2.24, 2.45) is 23.7 Å². The van der Waals surface area contributed by atoms with Crippen LogP contribution in [-0.4, -0.2) is 9.97 Å². The van der Waals surface area contributed by atoms with E-state index in [4.69, 9.17) is 0 Å². The number of benzene rings is 6. The van der Waals surface area contributed by atoms with Crippen molar-refractivity contribution in [1.82, 2.24) is 9.97 Å². The van der Waals surface area contributed by atoms with Crippen molar-refractivity contribution in [3.8, 4) is 22.3 Å². The third-order valence-corrected chi connectivity index (χ3v) is 12.9. The lowest BCUT2D eigenvalue weighted by atomic mass is 9.42. The summed E-state index contributed by atoms with van der Waals surface area (Å²) in [7, 11) is 0. The molecule has 0 saturated heterocycles. The molecule has 0 spiro atoms. The Morgan fingerprint density at radius 2 is 0.812 bits per heavy atom. The molecule has 4 bridgehead atoms. The van der Waals surface area contributed by atoms with Gasteiger partial charge in [-0.2, -0.15) is 0 Å². The highest BCUT2D eigenvalue weighted by molar-refractivity contribution is 6.12. The molecule has 0 aliphatic heterocycles. The van der Waals surface area contributed by atoms with E-state index in [1.165, 1.54) is 109 Å². The Bertz CT molecular complexity index is 2320. The number of H-pyrrole nitrogens is 2. The topological polar surface area (TPSA) is 31.6 Å². The number of aromatic nitrogens is 2. The number of fused-ring (bicyclic) bond motifs is 6. The molecule has 2 N–H and O–H groups in total. The molecule has 4 aliphatic carbocycles. The highest BCUT2D eigenvalue weighted by Gasteiger charge is 2.58. The average molecular weight is 619 g/mol. The van der Waals surface area contributed by atoms with Gasteiger partial charge >= 0.3 is 0 Å². The van der Waals surface area contributed by atoms with E-state index in [-0.39, 0.29) is 5.41 Å². The summed E-state index contributed by atoms with van der Waals surface area (Å²) in [5, 5.41) is 5.19. The highest BCUT2D eigenvalue weighted by atomic mass is 14.7. The van der Waals surface area contributed by atoms with E-state index in [9.17, 15) is 0 Å². The first-order valence-corrected chi connectivity index (χ1v) is 17.9. The minimum atomic E-state index is 0.0741. The second-order valence-corrected chi connectivity index (χ2v) is 15.1. The van der Waals surface area contributed by atoms with Gasteiger partial charge in [-0.15, -0.1) is 0 Å². The maximum atomic E-state index is 3.73. The maximum absolute atomic E-state index is 3.73. The van der Waals surface area contributed by atoms with Gasteiger partial charge in [-0.3, -0.25) is 0 Å². The summed E-state index contributed by atoms with van der Waals surface area (Å²) >= 11 is 0. The van der Waals surface area contributed by atoms with E-state index < -0.39 is 0 Å². The summed E-state index contributed by atoms with van der Waals surface area (Å²) in [4.78, 5) is 7.47. The molecule has 48 heavy (non-hydrogen) atoms. The van der Waals surface area contributed by atoms with Crippen LogP contribution in [0.4, 0.5) is 0 Å². The summed E-state index contributed by atoms with van der Waals surface area (Å²) in [5.41, 5.74) is 13.1. The molecule has 4 saturated carbocycles. The van der Waals surface area contributed by atoms with Crippen LogP contribution in [0, 0.1) is 23.7 Å². The molecule has 6 aromatic carbocycles. The number of rotatable bonds is 4. The fourth-order valence-electron chi connectivity index (χ4n) is 11.1. The van der Waals surface area contributed by atoms with Gasteiger partial charge in [0.15, 0.2) is 0 Å². The summed E-state index contributed by atoms with van der Waals surface area (Å²) in [6.45, 7) is 0. The summed E-state index contributed by atoms with van der Waals surface area (Å²) < 4.78 is 0. The van der Waals surface area contributed by atoms with Crippen molar-refractivity contribution in [1.29, 1.82) is 0 Å². The van der Waals surface area contributed by atoms with Crippen LogP contribution < -0.4 is 0 Å². The van der Waals surface area contributed by atoms with Crippen molar-refractivity contribution in [3.05, 3.63) is 145 Å². The zero-order valence-corrected chi connectivity index (χ0v) is 27.0. The van der Waals surface area contributed by atoms with E-state index in [0.717, 1.165) is 11.8 Å². The monoisotopic (exact) mass is 618 g/mol. The first kappa shape index (κ1) is 26.9. The van der Waals surface area contributed by atoms with Gasteiger partial charge in [-0.25, -0.2) is 0 Å². The Balaban J connectivity index is 1.03. The maximum Gasteiger partial charge on any atom is 0.0544 e. The van der Waals surface area contributed by atoms with Gasteiger partial charge in [0.2, 0.25) is 0 Å². The largest absolute Gasteiger partial charge is 0.354 e. The van der Waals surface area contributed by atoms with E-state index in [2.05, 4.69) is 143 Å². The zero-order valence-electron chi connectivity index (χ0n) is 27.0. The number of para-hydroxylation sites is 4. The predicted molar refractivity (Wildman–Crippen MR) is 200 cm³/mol. The van der Waals surface area contributed by atoms with Crippen LogP contribution in [0.25, 0.3) is 65.9 Å². The molecule has 0 atom stereocenters. The Kier molecular flexibility index (Phi) is 5.59. The van der Waals surface area contributed by atoms with E-state index in [0.29, 0.717) is 11.8 Å². The second-order valence-electron chi connectivity index (χ2n) is 15.1. The van der Waals surface area contributed by atoms with Crippen molar-refractivity contribution >= 4 is 43.6 Å². The predicted octanol–water partition coefficient (Wildman–Crippen LogP) is 12.0. The van der Waals surface area contributed by atoms with Crippen LogP contribution in [0.2, 0.25) is 0 Å². The summed E-state index contributed by atoms with van der Waals surface area (Å²) in [5.74, 6) is 3.25. The minimum absolute atomic E-state index is 0.0741. The quantitative estimate of drug-likeness (QED) is 0.197. The zero-order chi connectivity index (χ0) is 31.4. The smallest absolute Gasteiger partial charge is 0.0544 e. The highest BCUT2D eigenvalue weighted by Crippen LogP contribution is 2.65. The Hall–Kier alpha value is -5.08. The van der Waals surface area contributed by atoms with Gasteiger partial charge in [0.1, 0.15) is 0 Å². The summed E-state index contributed by atoms with van der Waals surface area (Å²) in [6, 6.07) is 50.4. The normalized spacial score (nSPS) is 22.8. The molecular formula is C46H38N2.